The minimum atomic E-state index is -0.976. The van der Waals surface area contributed by atoms with E-state index in [4.69, 9.17) is 5.11 Å². The Morgan fingerprint density at radius 1 is 1.79 bits per heavy atom. The molecular weight excluding hydrogens is 184 g/mol. The Labute approximate surface area is 81.6 Å². The van der Waals surface area contributed by atoms with Crippen molar-refractivity contribution < 1.29 is 14.6 Å². The van der Waals surface area contributed by atoms with Crippen molar-refractivity contribution in [2.24, 2.45) is 7.05 Å². The molecule has 1 rings (SSSR count). The summed E-state index contributed by atoms with van der Waals surface area (Å²) in [5, 5.41) is 12.7. The van der Waals surface area contributed by atoms with Gasteiger partial charge in [0.1, 0.15) is 0 Å². The minimum absolute atomic E-state index is 0.209. The number of nitrogens with zero attached hydrogens (tertiary/aromatic N) is 2. The molecular formula is C9H12N2O3. The number of carbonyl (C=O) groups is 1. The van der Waals surface area contributed by atoms with Gasteiger partial charge in [0.05, 0.1) is 25.1 Å². The second-order valence-corrected chi connectivity index (χ2v) is 2.88. The minimum Gasteiger partial charge on any atom is -0.504 e. The van der Waals surface area contributed by atoms with E-state index >= 15 is 0 Å². The van der Waals surface area contributed by atoms with E-state index in [1.807, 2.05) is 0 Å². The van der Waals surface area contributed by atoms with Gasteiger partial charge >= 0.3 is 5.97 Å². The highest BCUT2D eigenvalue weighted by Crippen LogP contribution is 2.07. The summed E-state index contributed by atoms with van der Waals surface area (Å²) in [6.45, 7) is 0. The van der Waals surface area contributed by atoms with Crippen molar-refractivity contribution in [2.45, 2.75) is 6.42 Å². The summed E-state index contributed by atoms with van der Waals surface area (Å²) in [7, 11) is 3.20. The molecule has 0 radical (unpaired) electrons. The molecule has 0 fully saturated rings. The first kappa shape index (κ1) is 10.3. The van der Waals surface area contributed by atoms with Crippen LogP contribution in [0.1, 0.15) is 5.56 Å². The Morgan fingerprint density at radius 2 is 2.50 bits per heavy atom. The molecule has 0 saturated heterocycles. The molecule has 1 aromatic rings. The van der Waals surface area contributed by atoms with E-state index in [0.29, 0.717) is 6.42 Å². The van der Waals surface area contributed by atoms with Crippen molar-refractivity contribution in [2.75, 3.05) is 7.11 Å². The highest BCUT2D eigenvalue weighted by molar-refractivity contribution is 5.86. The Morgan fingerprint density at radius 3 is 2.93 bits per heavy atom. The summed E-state index contributed by atoms with van der Waals surface area (Å²) < 4.78 is 6.30. The van der Waals surface area contributed by atoms with E-state index in [-0.39, 0.29) is 5.57 Å². The lowest BCUT2D eigenvalue weighted by Gasteiger charge is -1.98. The molecule has 76 valence electrons. The first-order chi connectivity index (χ1) is 6.63. The number of methoxy groups -OCH3 is 1. The van der Waals surface area contributed by atoms with Crippen LogP contribution in [0.15, 0.2) is 24.2 Å². The lowest BCUT2D eigenvalue weighted by atomic mass is 10.1. The Kier molecular flexibility index (Phi) is 3.28. The number of carboxylic acid groups (broad SMARTS) is 1. The maximum absolute atomic E-state index is 10.7. The van der Waals surface area contributed by atoms with Crippen LogP contribution in [0.25, 0.3) is 0 Å². The predicted octanol–water partition coefficient (Wildman–Crippen LogP) is 0.577. The summed E-state index contributed by atoms with van der Waals surface area (Å²) >= 11 is 0. The smallest absolute Gasteiger partial charge is 0.335 e. The molecule has 5 nitrogen and oxygen atoms in total. The average molecular weight is 196 g/mol. The van der Waals surface area contributed by atoms with Gasteiger partial charge in [-0.15, -0.1) is 0 Å². The molecule has 0 unspecified atom stereocenters. The lowest BCUT2D eigenvalue weighted by molar-refractivity contribution is -0.132. The van der Waals surface area contributed by atoms with Crippen LogP contribution >= 0.6 is 0 Å². The van der Waals surface area contributed by atoms with E-state index in [1.165, 1.54) is 13.4 Å². The molecule has 14 heavy (non-hydrogen) atoms. The van der Waals surface area contributed by atoms with Gasteiger partial charge in [0.2, 0.25) is 0 Å². The molecule has 0 amide bonds. The molecule has 1 heterocycles. The van der Waals surface area contributed by atoms with Gasteiger partial charge in [0.15, 0.2) is 0 Å². The van der Waals surface area contributed by atoms with Crippen LogP contribution in [-0.4, -0.2) is 28.0 Å². The third-order valence-corrected chi connectivity index (χ3v) is 1.69. The van der Waals surface area contributed by atoms with Gasteiger partial charge in [0.25, 0.3) is 0 Å². The summed E-state index contributed by atoms with van der Waals surface area (Å²) in [6.07, 6.45) is 4.95. The van der Waals surface area contributed by atoms with E-state index in [9.17, 15) is 4.79 Å². The van der Waals surface area contributed by atoms with Crippen molar-refractivity contribution in [3.63, 3.8) is 0 Å². The Hall–Kier alpha value is -1.78. The van der Waals surface area contributed by atoms with Crippen molar-refractivity contribution >= 4 is 5.97 Å². The van der Waals surface area contributed by atoms with E-state index in [1.54, 1.807) is 24.1 Å². The van der Waals surface area contributed by atoms with Crippen molar-refractivity contribution in [1.29, 1.82) is 0 Å². The van der Waals surface area contributed by atoms with Gasteiger partial charge < -0.3 is 9.84 Å². The largest absolute Gasteiger partial charge is 0.504 e. The van der Waals surface area contributed by atoms with Gasteiger partial charge in [-0.25, -0.2) is 4.79 Å². The van der Waals surface area contributed by atoms with Crippen LogP contribution in [0.5, 0.6) is 0 Å². The molecule has 1 aromatic heterocycles. The SMILES string of the molecule is CO/C=C(/Cc1cnn(C)c1)C(=O)O. The van der Waals surface area contributed by atoms with Crippen LogP contribution in [0.2, 0.25) is 0 Å². The normalized spacial score (nSPS) is 11.4. The number of rotatable bonds is 4. The zero-order chi connectivity index (χ0) is 10.6. The summed E-state index contributed by atoms with van der Waals surface area (Å²) in [6, 6.07) is 0. The summed E-state index contributed by atoms with van der Waals surface area (Å²) in [5.41, 5.74) is 1.05. The second-order valence-electron chi connectivity index (χ2n) is 2.88. The number of hydrogen-bond acceptors (Lipinski definition) is 3. The van der Waals surface area contributed by atoms with Crippen LogP contribution in [0.3, 0.4) is 0 Å². The molecule has 0 aliphatic rings. The second kappa shape index (κ2) is 4.45. The third-order valence-electron chi connectivity index (χ3n) is 1.69. The first-order valence-corrected chi connectivity index (χ1v) is 4.06. The maximum atomic E-state index is 10.7. The van der Waals surface area contributed by atoms with Gasteiger partial charge in [-0.2, -0.15) is 5.10 Å². The zero-order valence-electron chi connectivity index (χ0n) is 8.10. The van der Waals surface area contributed by atoms with E-state index in [0.717, 1.165) is 5.56 Å². The standard InChI is InChI=1S/C9H12N2O3/c1-11-5-7(4-10-11)3-8(6-14-2)9(12)13/h4-6H,3H2,1-2H3,(H,12,13)/b8-6-. The Bertz CT molecular complexity index is 355. The van der Waals surface area contributed by atoms with Gasteiger partial charge in [-0.1, -0.05) is 0 Å². The highest BCUT2D eigenvalue weighted by Gasteiger charge is 2.09. The molecule has 5 heteroatoms. The van der Waals surface area contributed by atoms with Crippen LogP contribution in [0.4, 0.5) is 0 Å². The number of aryl methyl sites for hydroxylation is 1. The number of aliphatic carboxylic acids is 1. The Balaban J connectivity index is 2.75. The molecule has 0 aromatic carbocycles. The molecule has 0 saturated carbocycles. The molecule has 0 aliphatic carbocycles. The van der Waals surface area contributed by atoms with E-state index < -0.39 is 5.97 Å². The zero-order valence-corrected chi connectivity index (χ0v) is 8.10. The fourth-order valence-corrected chi connectivity index (χ4v) is 1.09. The number of aromatic nitrogens is 2. The van der Waals surface area contributed by atoms with Crippen molar-refractivity contribution in [1.82, 2.24) is 9.78 Å². The lowest BCUT2D eigenvalue weighted by Crippen LogP contribution is -2.04. The van der Waals surface area contributed by atoms with Gasteiger partial charge in [0, 0.05) is 19.7 Å². The van der Waals surface area contributed by atoms with Crippen LogP contribution < -0.4 is 0 Å². The molecule has 0 aliphatic heterocycles. The monoisotopic (exact) mass is 196 g/mol. The average Bonchev–Trinajstić information content (AvgIpc) is 2.50. The fraction of sp³-hybridized carbons (Fsp3) is 0.333. The topological polar surface area (TPSA) is 64.4 Å². The predicted molar refractivity (Wildman–Crippen MR) is 49.6 cm³/mol. The first-order valence-electron chi connectivity index (χ1n) is 4.06. The quantitative estimate of drug-likeness (QED) is 0.565. The number of ether oxygens (including phenoxy) is 1. The maximum Gasteiger partial charge on any atom is 0.335 e. The van der Waals surface area contributed by atoms with Crippen molar-refractivity contribution in [3.05, 3.63) is 29.8 Å². The number of hydrogen-bond donors (Lipinski definition) is 1. The highest BCUT2D eigenvalue weighted by atomic mass is 16.5. The fourth-order valence-electron chi connectivity index (χ4n) is 1.09. The van der Waals surface area contributed by atoms with Crippen molar-refractivity contribution in [3.8, 4) is 0 Å². The van der Waals surface area contributed by atoms with Crippen LogP contribution in [0, 0.1) is 0 Å². The molecule has 0 spiro atoms. The van der Waals surface area contributed by atoms with Gasteiger partial charge in [-0.3, -0.25) is 4.68 Å². The molecule has 1 N–H and O–H groups in total. The third kappa shape index (κ3) is 2.62. The summed E-state index contributed by atoms with van der Waals surface area (Å²) in [4.78, 5) is 10.7. The summed E-state index contributed by atoms with van der Waals surface area (Å²) in [5.74, 6) is -0.976. The van der Waals surface area contributed by atoms with E-state index in [2.05, 4.69) is 9.84 Å². The molecule has 0 bridgehead atoms. The van der Waals surface area contributed by atoms with Crippen LogP contribution in [-0.2, 0) is 23.0 Å². The number of carboxylic acids is 1. The molecule has 0 atom stereocenters. The van der Waals surface area contributed by atoms with Gasteiger partial charge in [-0.05, 0) is 5.56 Å².